The van der Waals surface area contributed by atoms with Crippen LogP contribution in [0.2, 0.25) is 0 Å². The lowest BCUT2D eigenvalue weighted by atomic mass is 10.1. The van der Waals surface area contributed by atoms with Crippen LogP contribution in [-0.2, 0) is 17.8 Å². The number of benzene rings is 3. The van der Waals surface area contributed by atoms with Crippen molar-refractivity contribution in [2.45, 2.75) is 30.3 Å². The zero-order valence-corrected chi connectivity index (χ0v) is 18.5. The second kappa shape index (κ2) is 9.70. The van der Waals surface area contributed by atoms with E-state index in [-0.39, 0.29) is 11.2 Å². The summed E-state index contributed by atoms with van der Waals surface area (Å²) in [5, 5.41) is 3.34. The van der Waals surface area contributed by atoms with Crippen LogP contribution in [0.15, 0.2) is 84.0 Å². The molecule has 1 heterocycles. The zero-order valence-electron chi connectivity index (χ0n) is 17.7. The zero-order chi connectivity index (χ0) is 22.5. The van der Waals surface area contributed by atoms with Crippen molar-refractivity contribution < 1.29 is 9.59 Å². The number of hydrogen-bond donors (Lipinski definition) is 2. The molecule has 2 amide bonds. The van der Waals surface area contributed by atoms with Crippen molar-refractivity contribution in [2.24, 2.45) is 5.73 Å². The number of carbonyl (C=O) groups is 2. The molecule has 0 saturated carbocycles. The average molecular weight is 445 g/mol. The van der Waals surface area contributed by atoms with Gasteiger partial charge in [-0.05, 0) is 55.3 Å². The largest absolute Gasteiger partial charge is 0.366 e. The Kier molecular flexibility index (Phi) is 6.56. The predicted octanol–water partition coefficient (Wildman–Crippen LogP) is 4.50. The van der Waals surface area contributed by atoms with Crippen LogP contribution in [0.3, 0.4) is 0 Å². The molecule has 0 aliphatic heterocycles. The highest BCUT2D eigenvalue weighted by Crippen LogP contribution is 2.28. The summed E-state index contributed by atoms with van der Waals surface area (Å²) in [5.74, 6) is -0.635. The van der Waals surface area contributed by atoms with Gasteiger partial charge < -0.3 is 15.6 Å². The Morgan fingerprint density at radius 3 is 2.41 bits per heavy atom. The molecule has 1 atom stereocenters. The molecule has 3 N–H and O–H groups in total. The Hall–Kier alpha value is -3.58. The molecule has 6 nitrogen and oxygen atoms in total. The molecular weight excluding hydrogens is 420 g/mol. The molecule has 162 valence electrons. The van der Waals surface area contributed by atoms with Gasteiger partial charge in [0.15, 0.2) is 5.16 Å². The standard InChI is InChI=1S/C25H24N4O2S/c1-17(24(31)27-20-13-11-19(12-14-20)23(26)30)32-25-28-21-9-5-6-10-22(21)29(25)16-15-18-7-3-2-4-8-18/h2-14,17H,15-16H2,1H3,(H2,26,30)(H,27,31). The molecule has 7 heteroatoms. The first-order valence-electron chi connectivity index (χ1n) is 10.4. The molecule has 4 aromatic rings. The summed E-state index contributed by atoms with van der Waals surface area (Å²) in [5.41, 5.74) is 9.51. The lowest BCUT2D eigenvalue weighted by Crippen LogP contribution is -2.23. The number of fused-ring (bicyclic) bond motifs is 1. The van der Waals surface area contributed by atoms with Crippen LogP contribution in [0.1, 0.15) is 22.8 Å². The minimum atomic E-state index is -0.499. The molecule has 0 aliphatic rings. The van der Waals surface area contributed by atoms with Crippen molar-refractivity contribution in [3.05, 3.63) is 90.0 Å². The summed E-state index contributed by atoms with van der Waals surface area (Å²) in [6.07, 6.45) is 0.877. The Labute approximate surface area is 190 Å². The van der Waals surface area contributed by atoms with Gasteiger partial charge in [-0.25, -0.2) is 4.98 Å². The maximum atomic E-state index is 12.8. The van der Waals surface area contributed by atoms with E-state index in [1.807, 2.05) is 43.3 Å². The number of imidazole rings is 1. The summed E-state index contributed by atoms with van der Waals surface area (Å²) in [7, 11) is 0. The number of nitrogens with two attached hydrogens (primary N) is 1. The van der Waals surface area contributed by atoms with Crippen molar-refractivity contribution >= 4 is 40.3 Å². The van der Waals surface area contributed by atoms with Crippen molar-refractivity contribution in [3.8, 4) is 0 Å². The second-order valence-corrected chi connectivity index (χ2v) is 8.77. The fraction of sp³-hybridized carbons (Fsp3) is 0.160. The Morgan fingerprint density at radius 2 is 1.69 bits per heavy atom. The first-order chi connectivity index (χ1) is 15.5. The number of rotatable bonds is 8. The molecule has 0 bridgehead atoms. The molecule has 0 saturated heterocycles. The van der Waals surface area contributed by atoms with Gasteiger partial charge in [-0.1, -0.05) is 54.2 Å². The lowest BCUT2D eigenvalue weighted by molar-refractivity contribution is -0.115. The number of nitrogens with one attached hydrogen (secondary N) is 1. The Balaban J connectivity index is 1.49. The van der Waals surface area contributed by atoms with Crippen LogP contribution < -0.4 is 11.1 Å². The molecular formula is C25H24N4O2S. The predicted molar refractivity (Wildman–Crippen MR) is 129 cm³/mol. The highest BCUT2D eigenvalue weighted by atomic mass is 32.2. The minimum Gasteiger partial charge on any atom is -0.366 e. The van der Waals surface area contributed by atoms with Gasteiger partial charge in [0.25, 0.3) is 0 Å². The summed E-state index contributed by atoms with van der Waals surface area (Å²) in [6, 6.07) is 24.9. The number of primary amides is 1. The summed E-state index contributed by atoms with van der Waals surface area (Å²) in [6.45, 7) is 2.63. The van der Waals surface area contributed by atoms with E-state index in [4.69, 9.17) is 10.7 Å². The Morgan fingerprint density at radius 1 is 1.00 bits per heavy atom. The highest BCUT2D eigenvalue weighted by molar-refractivity contribution is 8.00. The topological polar surface area (TPSA) is 90.0 Å². The molecule has 1 unspecified atom stereocenters. The van der Waals surface area contributed by atoms with E-state index in [0.29, 0.717) is 11.3 Å². The molecule has 3 aromatic carbocycles. The third kappa shape index (κ3) is 5.00. The third-order valence-electron chi connectivity index (χ3n) is 5.17. The monoisotopic (exact) mass is 444 g/mol. The van der Waals surface area contributed by atoms with E-state index in [9.17, 15) is 9.59 Å². The SMILES string of the molecule is CC(Sc1nc2ccccc2n1CCc1ccccc1)C(=O)Nc1ccc(C(N)=O)cc1. The van der Waals surface area contributed by atoms with Gasteiger partial charge >= 0.3 is 0 Å². The van der Waals surface area contributed by atoms with Gasteiger partial charge in [-0.15, -0.1) is 0 Å². The first kappa shape index (κ1) is 21.6. The fourth-order valence-electron chi connectivity index (χ4n) is 3.42. The number of nitrogens with zero attached hydrogens (tertiary/aromatic N) is 2. The summed E-state index contributed by atoms with van der Waals surface area (Å²) < 4.78 is 2.18. The van der Waals surface area contributed by atoms with Crippen LogP contribution in [0, 0.1) is 0 Å². The molecule has 4 rings (SSSR count). The number of thioether (sulfide) groups is 1. The maximum absolute atomic E-state index is 12.8. The molecule has 32 heavy (non-hydrogen) atoms. The molecule has 0 radical (unpaired) electrons. The number of anilines is 1. The maximum Gasteiger partial charge on any atom is 0.248 e. The number of aromatic nitrogens is 2. The number of para-hydroxylation sites is 2. The molecule has 0 spiro atoms. The number of amides is 2. The Bertz CT molecular complexity index is 1240. The highest BCUT2D eigenvalue weighted by Gasteiger charge is 2.20. The third-order valence-corrected chi connectivity index (χ3v) is 6.26. The molecule has 0 aliphatic carbocycles. The normalized spacial score (nSPS) is 11.9. The van der Waals surface area contributed by atoms with Gasteiger partial charge in [0.1, 0.15) is 0 Å². The minimum absolute atomic E-state index is 0.136. The smallest absolute Gasteiger partial charge is 0.248 e. The van der Waals surface area contributed by atoms with E-state index < -0.39 is 5.91 Å². The van der Waals surface area contributed by atoms with Gasteiger partial charge in [-0.2, -0.15) is 0 Å². The van der Waals surface area contributed by atoms with E-state index in [0.717, 1.165) is 29.2 Å². The molecule has 1 aromatic heterocycles. The van der Waals surface area contributed by atoms with Crippen LogP contribution in [0.4, 0.5) is 5.69 Å². The van der Waals surface area contributed by atoms with Gasteiger partial charge in [0, 0.05) is 17.8 Å². The summed E-state index contributed by atoms with van der Waals surface area (Å²) in [4.78, 5) is 28.8. The van der Waals surface area contributed by atoms with E-state index >= 15 is 0 Å². The van der Waals surface area contributed by atoms with Crippen LogP contribution >= 0.6 is 11.8 Å². The van der Waals surface area contributed by atoms with Crippen molar-refractivity contribution in [1.82, 2.24) is 9.55 Å². The molecule has 0 fully saturated rings. The quantitative estimate of drug-likeness (QED) is 0.392. The van der Waals surface area contributed by atoms with E-state index in [2.05, 4.69) is 28.1 Å². The van der Waals surface area contributed by atoms with Crippen molar-refractivity contribution in [2.75, 3.05) is 5.32 Å². The average Bonchev–Trinajstić information content (AvgIpc) is 3.15. The van der Waals surface area contributed by atoms with E-state index in [1.54, 1.807) is 24.3 Å². The van der Waals surface area contributed by atoms with Crippen LogP contribution in [-0.4, -0.2) is 26.6 Å². The van der Waals surface area contributed by atoms with Crippen molar-refractivity contribution in [1.29, 1.82) is 0 Å². The number of aryl methyl sites for hydroxylation is 2. The summed E-state index contributed by atoms with van der Waals surface area (Å²) >= 11 is 1.43. The fourth-order valence-corrected chi connectivity index (χ4v) is 4.37. The van der Waals surface area contributed by atoms with E-state index in [1.165, 1.54) is 17.3 Å². The number of hydrogen-bond acceptors (Lipinski definition) is 4. The second-order valence-electron chi connectivity index (χ2n) is 7.46. The van der Waals surface area contributed by atoms with Crippen LogP contribution in [0.25, 0.3) is 11.0 Å². The lowest BCUT2D eigenvalue weighted by Gasteiger charge is -2.14. The number of carbonyl (C=O) groups excluding carboxylic acids is 2. The van der Waals surface area contributed by atoms with Crippen LogP contribution in [0.5, 0.6) is 0 Å². The van der Waals surface area contributed by atoms with Gasteiger partial charge in [0.05, 0.1) is 16.3 Å². The van der Waals surface area contributed by atoms with Gasteiger partial charge in [0.2, 0.25) is 11.8 Å². The first-order valence-corrected chi connectivity index (χ1v) is 11.3. The van der Waals surface area contributed by atoms with Gasteiger partial charge in [-0.3, -0.25) is 9.59 Å². The van der Waals surface area contributed by atoms with Crippen molar-refractivity contribution in [3.63, 3.8) is 0 Å².